The maximum atomic E-state index is 12.6. The lowest BCUT2D eigenvalue weighted by atomic mass is 9.76. The van der Waals surface area contributed by atoms with Crippen molar-refractivity contribution >= 4 is 11.9 Å². The number of anilines is 1. The number of carbonyl (C=O) groups is 1. The van der Waals surface area contributed by atoms with Gasteiger partial charge in [-0.3, -0.25) is 9.69 Å². The molecule has 0 saturated carbocycles. The molecule has 1 unspecified atom stereocenters. The number of hydrogen-bond acceptors (Lipinski definition) is 8. The third-order valence-corrected chi connectivity index (χ3v) is 6.17. The zero-order valence-corrected chi connectivity index (χ0v) is 15.8. The van der Waals surface area contributed by atoms with Gasteiger partial charge in [0.2, 0.25) is 11.8 Å². The molecule has 3 fully saturated rings. The van der Waals surface area contributed by atoms with Crippen LogP contribution in [0, 0.1) is 5.41 Å². The Morgan fingerprint density at radius 3 is 2.74 bits per heavy atom. The number of methoxy groups -OCH3 is 1. The third-order valence-electron chi connectivity index (χ3n) is 6.17. The van der Waals surface area contributed by atoms with Crippen LogP contribution in [-0.2, 0) is 9.53 Å². The SMILES string of the molecule is COc1ccnc(N2CCC3(CC2)CC(CN2CCC(O)CC2)OC3=O)n1. The lowest BCUT2D eigenvalue weighted by Gasteiger charge is -2.36. The van der Waals surface area contributed by atoms with Crippen molar-refractivity contribution < 1.29 is 19.4 Å². The van der Waals surface area contributed by atoms with Gasteiger partial charge in [-0.2, -0.15) is 4.98 Å². The fraction of sp³-hybridized carbons (Fsp3) is 0.737. The highest BCUT2D eigenvalue weighted by molar-refractivity contribution is 5.79. The predicted molar refractivity (Wildman–Crippen MR) is 98.6 cm³/mol. The third kappa shape index (κ3) is 3.87. The Kier molecular flexibility index (Phi) is 5.19. The molecule has 1 aromatic heterocycles. The molecular weight excluding hydrogens is 348 g/mol. The van der Waals surface area contributed by atoms with Gasteiger partial charge in [-0.15, -0.1) is 0 Å². The molecule has 8 nitrogen and oxygen atoms in total. The van der Waals surface area contributed by atoms with Crippen LogP contribution in [0.4, 0.5) is 5.95 Å². The summed E-state index contributed by atoms with van der Waals surface area (Å²) in [5, 5.41) is 9.65. The molecule has 1 N–H and O–H groups in total. The van der Waals surface area contributed by atoms with Gasteiger partial charge in [0.1, 0.15) is 6.10 Å². The molecule has 27 heavy (non-hydrogen) atoms. The Hall–Kier alpha value is -1.93. The van der Waals surface area contributed by atoms with E-state index in [1.165, 1.54) is 0 Å². The number of esters is 1. The van der Waals surface area contributed by atoms with Crippen LogP contribution in [0.25, 0.3) is 0 Å². The van der Waals surface area contributed by atoms with Gasteiger partial charge in [-0.25, -0.2) is 4.98 Å². The Labute approximate surface area is 159 Å². The molecule has 0 amide bonds. The van der Waals surface area contributed by atoms with E-state index < -0.39 is 0 Å². The van der Waals surface area contributed by atoms with Crippen molar-refractivity contribution in [3.05, 3.63) is 12.3 Å². The number of cyclic esters (lactones) is 1. The van der Waals surface area contributed by atoms with Gasteiger partial charge in [-0.1, -0.05) is 0 Å². The molecule has 1 aromatic rings. The van der Waals surface area contributed by atoms with E-state index in [4.69, 9.17) is 9.47 Å². The molecule has 0 aromatic carbocycles. The predicted octanol–water partition coefficient (Wildman–Crippen LogP) is 0.844. The summed E-state index contributed by atoms with van der Waals surface area (Å²) in [6.45, 7) is 4.02. The first kappa shape index (κ1) is 18.4. The summed E-state index contributed by atoms with van der Waals surface area (Å²) >= 11 is 0. The summed E-state index contributed by atoms with van der Waals surface area (Å²) in [6, 6.07) is 1.73. The molecule has 4 heterocycles. The number of likely N-dealkylation sites (tertiary alicyclic amines) is 1. The number of rotatable bonds is 4. The normalized spacial score (nSPS) is 26.4. The first-order valence-corrected chi connectivity index (χ1v) is 9.81. The standard InChI is InChI=1S/C19H28N4O4/c1-26-16-2-7-20-18(21-16)23-10-5-19(6-11-23)12-15(27-17(19)25)13-22-8-3-14(24)4-9-22/h2,7,14-15,24H,3-6,8-13H2,1H3. The minimum atomic E-state index is -0.366. The van der Waals surface area contributed by atoms with E-state index in [1.54, 1.807) is 19.4 Å². The maximum absolute atomic E-state index is 12.6. The highest BCUT2D eigenvalue weighted by atomic mass is 16.6. The number of carbonyl (C=O) groups excluding carboxylic acids is 1. The summed E-state index contributed by atoms with van der Waals surface area (Å²) in [7, 11) is 1.59. The summed E-state index contributed by atoms with van der Waals surface area (Å²) in [5.41, 5.74) is -0.366. The van der Waals surface area contributed by atoms with Crippen LogP contribution >= 0.6 is 0 Å². The minimum Gasteiger partial charge on any atom is -0.481 e. The van der Waals surface area contributed by atoms with E-state index >= 15 is 0 Å². The zero-order chi connectivity index (χ0) is 18.9. The van der Waals surface area contributed by atoms with Gasteiger partial charge < -0.3 is 19.5 Å². The zero-order valence-electron chi connectivity index (χ0n) is 15.8. The fourth-order valence-electron chi connectivity index (χ4n) is 4.47. The first-order chi connectivity index (χ1) is 13.1. The second-order valence-electron chi connectivity index (χ2n) is 7.93. The molecule has 0 bridgehead atoms. The minimum absolute atomic E-state index is 0.0348. The van der Waals surface area contributed by atoms with Gasteiger partial charge in [-0.05, 0) is 25.7 Å². The van der Waals surface area contributed by atoms with Crippen molar-refractivity contribution in [2.75, 3.05) is 44.7 Å². The van der Waals surface area contributed by atoms with E-state index in [2.05, 4.69) is 19.8 Å². The smallest absolute Gasteiger partial charge is 0.312 e. The summed E-state index contributed by atoms with van der Waals surface area (Å²) in [5.74, 6) is 1.15. The summed E-state index contributed by atoms with van der Waals surface area (Å²) < 4.78 is 10.9. The van der Waals surface area contributed by atoms with Crippen molar-refractivity contribution in [2.24, 2.45) is 5.41 Å². The van der Waals surface area contributed by atoms with Crippen molar-refractivity contribution in [1.82, 2.24) is 14.9 Å². The summed E-state index contributed by atoms with van der Waals surface area (Å²) in [4.78, 5) is 25.8. The largest absolute Gasteiger partial charge is 0.481 e. The molecule has 3 aliphatic heterocycles. The van der Waals surface area contributed by atoms with Crippen LogP contribution in [0.15, 0.2) is 12.3 Å². The Morgan fingerprint density at radius 1 is 1.30 bits per heavy atom. The molecular formula is C19H28N4O4. The van der Waals surface area contributed by atoms with E-state index in [1.807, 2.05) is 0 Å². The molecule has 1 atom stereocenters. The Balaban J connectivity index is 1.34. The van der Waals surface area contributed by atoms with E-state index in [-0.39, 0.29) is 23.6 Å². The average Bonchev–Trinajstić information content (AvgIpc) is 2.99. The van der Waals surface area contributed by atoms with Crippen molar-refractivity contribution in [1.29, 1.82) is 0 Å². The monoisotopic (exact) mass is 376 g/mol. The molecule has 8 heteroatoms. The van der Waals surface area contributed by atoms with E-state index in [0.717, 1.165) is 64.8 Å². The Bertz CT molecular complexity index is 669. The molecule has 0 radical (unpaired) electrons. The second kappa shape index (κ2) is 7.59. The summed E-state index contributed by atoms with van der Waals surface area (Å²) in [6.07, 6.45) is 5.42. The molecule has 0 aliphatic carbocycles. The number of hydrogen-bond donors (Lipinski definition) is 1. The fourth-order valence-corrected chi connectivity index (χ4v) is 4.47. The average molecular weight is 376 g/mol. The van der Waals surface area contributed by atoms with Crippen molar-refractivity contribution in [3.8, 4) is 5.88 Å². The van der Waals surface area contributed by atoms with Crippen LogP contribution in [0.2, 0.25) is 0 Å². The van der Waals surface area contributed by atoms with Gasteiger partial charge >= 0.3 is 5.97 Å². The first-order valence-electron chi connectivity index (χ1n) is 9.81. The maximum Gasteiger partial charge on any atom is 0.312 e. The van der Waals surface area contributed by atoms with Gasteiger partial charge in [0.15, 0.2) is 0 Å². The second-order valence-corrected chi connectivity index (χ2v) is 7.93. The molecule has 4 rings (SSSR count). The van der Waals surface area contributed by atoms with Gasteiger partial charge in [0, 0.05) is 51.4 Å². The number of nitrogens with zero attached hydrogens (tertiary/aromatic N) is 4. The molecule has 3 saturated heterocycles. The number of aliphatic hydroxyl groups is 1. The lowest BCUT2D eigenvalue weighted by Crippen LogP contribution is -2.43. The van der Waals surface area contributed by atoms with Crippen LogP contribution in [-0.4, -0.2) is 78.0 Å². The van der Waals surface area contributed by atoms with E-state index in [9.17, 15) is 9.90 Å². The van der Waals surface area contributed by atoms with Gasteiger partial charge in [0.05, 0.1) is 18.6 Å². The molecule has 1 spiro atoms. The van der Waals surface area contributed by atoms with E-state index in [0.29, 0.717) is 11.8 Å². The number of aromatic nitrogens is 2. The van der Waals surface area contributed by atoms with Crippen LogP contribution in [0.5, 0.6) is 5.88 Å². The van der Waals surface area contributed by atoms with Crippen LogP contribution in [0.1, 0.15) is 32.1 Å². The number of ether oxygens (including phenoxy) is 2. The quantitative estimate of drug-likeness (QED) is 0.774. The number of piperidine rings is 2. The highest BCUT2D eigenvalue weighted by Crippen LogP contribution is 2.43. The van der Waals surface area contributed by atoms with Gasteiger partial charge in [0.25, 0.3) is 0 Å². The van der Waals surface area contributed by atoms with Crippen molar-refractivity contribution in [2.45, 2.75) is 44.3 Å². The number of aliphatic hydroxyl groups excluding tert-OH is 1. The topological polar surface area (TPSA) is 88.0 Å². The van der Waals surface area contributed by atoms with Crippen LogP contribution in [0.3, 0.4) is 0 Å². The lowest BCUT2D eigenvalue weighted by molar-refractivity contribution is -0.150. The van der Waals surface area contributed by atoms with Crippen LogP contribution < -0.4 is 9.64 Å². The highest BCUT2D eigenvalue weighted by Gasteiger charge is 2.50. The Morgan fingerprint density at radius 2 is 2.04 bits per heavy atom. The van der Waals surface area contributed by atoms with Crippen molar-refractivity contribution in [3.63, 3.8) is 0 Å². The molecule has 148 valence electrons. The molecule has 3 aliphatic rings.